The number of halogens is 3. The number of hydrogen-bond donors (Lipinski definition) is 0. The molecule has 0 bridgehead atoms. The molecule has 0 unspecified atom stereocenters. The molecule has 2 aromatic carbocycles. The average molecular weight is 372 g/mol. The highest BCUT2D eigenvalue weighted by Gasteiger charge is 2.30. The number of benzene rings is 2. The maximum Gasteiger partial charge on any atom is 0.416 e. The lowest BCUT2D eigenvalue weighted by atomic mass is 10.0. The summed E-state index contributed by atoms with van der Waals surface area (Å²) in [5, 5.41) is 24.2. The van der Waals surface area contributed by atoms with Crippen LogP contribution in [0.4, 0.5) is 18.9 Å². The van der Waals surface area contributed by atoms with Gasteiger partial charge in [0.25, 0.3) is 5.69 Å². The molecule has 6 nitrogen and oxygen atoms in total. The summed E-state index contributed by atoms with van der Waals surface area (Å²) in [4.78, 5) is 10.2. The second kappa shape index (κ2) is 6.92. The zero-order valence-electron chi connectivity index (χ0n) is 13.6. The van der Waals surface area contributed by atoms with Gasteiger partial charge in [-0.05, 0) is 23.8 Å². The van der Waals surface area contributed by atoms with Gasteiger partial charge in [-0.1, -0.05) is 12.1 Å². The predicted octanol–water partition coefficient (Wildman–Crippen LogP) is 4.40. The second-order valence-electron chi connectivity index (χ2n) is 5.72. The van der Waals surface area contributed by atoms with Crippen molar-refractivity contribution >= 4 is 5.69 Å². The van der Waals surface area contributed by atoms with Gasteiger partial charge in [0.1, 0.15) is 6.07 Å². The van der Waals surface area contributed by atoms with Crippen LogP contribution in [-0.2, 0) is 12.7 Å². The van der Waals surface area contributed by atoms with Crippen molar-refractivity contribution in [2.45, 2.75) is 12.7 Å². The van der Waals surface area contributed by atoms with E-state index >= 15 is 0 Å². The molecule has 9 heteroatoms. The van der Waals surface area contributed by atoms with Gasteiger partial charge in [-0.2, -0.15) is 23.5 Å². The van der Waals surface area contributed by atoms with Crippen molar-refractivity contribution in [1.29, 1.82) is 5.26 Å². The fourth-order valence-electron chi connectivity index (χ4n) is 2.61. The van der Waals surface area contributed by atoms with Crippen LogP contribution in [-0.4, -0.2) is 14.7 Å². The number of aromatic nitrogens is 2. The molecule has 0 aliphatic rings. The zero-order valence-corrected chi connectivity index (χ0v) is 13.6. The van der Waals surface area contributed by atoms with Crippen molar-refractivity contribution in [2.75, 3.05) is 0 Å². The SMILES string of the molecule is N#Cc1cc([N+](=O)[O-])ccc1-c1cnn(Cc2cccc(C(F)(F)F)c2)c1. The van der Waals surface area contributed by atoms with Gasteiger partial charge in [-0.3, -0.25) is 14.8 Å². The first kappa shape index (κ1) is 18.1. The third-order valence-electron chi connectivity index (χ3n) is 3.88. The first-order chi connectivity index (χ1) is 12.8. The molecule has 0 fully saturated rings. The van der Waals surface area contributed by atoms with Crippen molar-refractivity contribution in [3.8, 4) is 17.2 Å². The number of nitriles is 1. The summed E-state index contributed by atoms with van der Waals surface area (Å²) in [7, 11) is 0. The minimum atomic E-state index is -4.42. The lowest BCUT2D eigenvalue weighted by Crippen LogP contribution is -2.07. The van der Waals surface area contributed by atoms with Crippen LogP contribution >= 0.6 is 0 Å². The molecule has 3 rings (SSSR count). The Labute approximate surface area is 151 Å². The lowest BCUT2D eigenvalue weighted by Gasteiger charge is -2.08. The second-order valence-corrected chi connectivity index (χ2v) is 5.72. The third kappa shape index (κ3) is 3.95. The highest BCUT2D eigenvalue weighted by Crippen LogP contribution is 2.30. The molecule has 0 saturated carbocycles. The van der Waals surface area contributed by atoms with E-state index in [0.717, 1.165) is 12.1 Å². The van der Waals surface area contributed by atoms with Crippen LogP contribution in [0.5, 0.6) is 0 Å². The zero-order chi connectivity index (χ0) is 19.6. The number of nitro benzene ring substituents is 1. The summed E-state index contributed by atoms with van der Waals surface area (Å²) in [6.07, 6.45) is -1.40. The van der Waals surface area contributed by atoms with Crippen molar-refractivity contribution in [3.63, 3.8) is 0 Å². The van der Waals surface area contributed by atoms with Crippen LogP contribution < -0.4 is 0 Å². The molecule has 0 spiro atoms. The van der Waals surface area contributed by atoms with Crippen LogP contribution in [0, 0.1) is 21.4 Å². The molecule has 0 aliphatic carbocycles. The van der Waals surface area contributed by atoms with Crippen LogP contribution in [0.3, 0.4) is 0 Å². The Morgan fingerprint density at radius 3 is 2.67 bits per heavy atom. The van der Waals surface area contributed by atoms with E-state index in [1.807, 2.05) is 6.07 Å². The number of alkyl halides is 3. The summed E-state index contributed by atoms with van der Waals surface area (Å²) in [5.74, 6) is 0. The highest BCUT2D eigenvalue weighted by atomic mass is 19.4. The van der Waals surface area contributed by atoms with Crippen LogP contribution in [0.2, 0.25) is 0 Å². The molecular formula is C18H11F3N4O2. The average Bonchev–Trinajstić information content (AvgIpc) is 3.08. The fourth-order valence-corrected chi connectivity index (χ4v) is 2.61. The van der Waals surface area contributed by atoms with Crippen molar-refractivity contribution < 1.29 is 18.1 Å². The third-order valence-corrected chi connectivity index (χ3v) is 3.88. The van der Waals surface area contributed by atoms with E-state index in [-0.39, 0.29) is 17.8 Å². The molecule has 136 valence electrons. The van der Waals surface area contributed by atoms with Gasteiger partial charge in [0.15, 0.2) is 0 Å². The molecule has 3 aromatic rings. The van der Waals surface area contributed by atoms with Gasteiger partial charge in [0, 0.05) is 29.5 Å². The largest absolute Gasteiger partial charge is 0.416 e. The van der Waals surface area contributed by atoms with Gasteiger partial charge in [-0.15, -0.1) is 0 Å². The van der Waals surface area contributed by atoms with Gasteiger partial charge in [-0.25, -0.2) is 0 Å². The fraction of sp³-hybridized carbons (Fsp3) is 0.111. The van der Waals surface area contributed by atoms with Crippen LogP contribution in [0.1, 0.15) is 16.7 Å². The van der Waals surface area contributed by atoms with E-state index in [2.05, 4.69) is 5.10 Å². The number of rotatable bonds is 4. The van der Waals surface area contributed by atoms with Crippen LogP contribution in [0.15, 0.2) is 54.9 Å². The van der Waals surface area contributed by atoms with E-state index in [9.17, 15) is 28.5 Å². The molecule has 0 saturated heterocycles. The minimum Gasteiger partial charge on any atom is -0.268 e. The van der Waals surface area contributed by atoms with E-state index < -0.39 is 16.7 Å². The van der Waals surface area contributed by atoms with Crippen molar-refractivity contribution in [1.82, 2.24) is 9.78 Å². The molecular weight excluding hydrogens is 361 g/mol. The van der Waals surface area contributed by atoms with E-state index in [1.54, 1.807) is 12.3 Å². The Hall–Kier alpha value is -3.67. The summed E-state index contributed by atoms with van der Waals surface area (Å²) < 4.78 is 39.8. The molecule has 0 radical (unpaired) electrons. The number of nitro groups is 1. The quantitative estimate of drug-likeness (QED) is 0.502. The minimum absolute atomic E-state index is 0.110. The number of non-ortho nitro benzene ring substituents is 1. The number of nitrogens with zero attached hydrogens (tertiary/aromatic N) is 4. The Balaban J connectivity index is 1.88. The van der Waals surface area contributed by atoms with Gasteiger partial charge >= 0.3 is 6.18 Å². The van der Waals surface area contributed by atoms with Gasteiger partial charge < -0.3 is 0 Å². The Morgan fingerprint density at radius 2 is 2.00 bits per heavy atom. The van der Waals surface area contributed by atoms with Crippen molar-refractivity contribution in [3.05, 3.63) is 81.7 Å². The normalized spacial score (nSPS) is 11.2. The predicted molar refractivity (Wildman–Crippen MR) is 89.6 cm³/mol. The molecule has 0 atom stereocenters. The molecule has 1 aromatic heterocycles. The summed E-state index contributed by atoms with van der Waals surface area (Å²) in [5.41, 5.74) is 0.583. The lowest BCUT2D eigenvalue weighted by molar-refractivity contribution is -0.384. The number of hydrogen-bond acceptors (Lipinski definition) is 4. The summed E-state index contributed by atoms with van der Waals surface area (Å²) in [6, 6.07) is 10.7. The van der Waals surface area contributed by atoms with Crippen molar-refractivity contribution in [2.24, 2.45) is 0 Å². The molecule has 1 heterocycles. The topological polar surface area (TPSA) is 84.8 Å². The maximum atomic E-state index is 12.8. The van der Waals surface area contributed by atoms with Crippen LogP contribution in [0.25, 0.3) is 11.1 Å². The van der Waals surface area contributed by atoms with Gasteiger partial charge in [0.05, 0.1) is 28.8 Å². The van der Waals surface area contributed by atoms with E-state index in [1.165, 1.54) is 35.1 Å². The Kier molecular flexibility index (Phi) is 4.64. The summed E-state index contributed by atoms with van der Waals surface area (Å²) in [6.45, 7) is 0.110. The smallest absolute Gasteiger partial charge is 0.268 e. The van der Waals surface area contributed by atoms with Gasteiger partial charge in [0.2, 0.25) is 0 Å². The molecule has 0 amide bonds. The Morgan fingerprint density at radius 1 is 1.22 bits per heavy atom. The maximum absolute atomic E-state index is 12.8. The van der Waals surface area contributed by atoms with E-state index in [4.69, 9.17) is 0 Å². The molecule has 27 heavy (non-hydrogen) atoms. The van der Waals surface area contributed by atoms with E-state index in [0.29, 0.717) is 16.7 Å². The highest BCUT2D eigenvalue weighted by molar-refractivity contribution is 5.71. The summed E-state index contributed by atoms with van der Waals surface area (Å²) >= 11 is 0. The standard InChI is InChI=1S/C18H11F3N4O2/c19-18(20,21)15-3-1-2-12(6-15)10-24-11-14(9-23-24)17-5-4-16(25(26)27)7-13(17)8-22/h1-7,9,11H,10H2. The monoisotopic (exact) mass is 372 g/mol. The first-order valence-corrected chi connectivity index (χ1v) is 7.65. The molecule has 0 N–H and O–H groups in total. The Bertz CT molecular complexity index is 1050. The first-order valence-electron chi connectivity index (χ1n) is 7.65. The molecule has 0 aliphatic heterocycles.